The minimum absolute atomic E-state index is 0.0735. The van der Waals surface area contributed by atoms with Crippen LogP contribution in [0.5, 0.6) is 0 Å². The molecule has 0 saturated heterocycles. The number of carbonyl (C=O) groups is 1. The Hall–Kier alpha value is -1.88. The van der Waals surface area contributed by atoms with Gasteiger partial charge in [-0.25, -0.2) is 0 Å². The zero-order valence-corrected chi connectivity index (χ0v) is 10.7. The van der Waals surface area contributed by atoms with Gasteiger partial charge in [-0.2, -0.15) is 0 Å². The van der Waals surface area contributed by atoms with Gasteiger partial charge in [0.05, 0.1) is 0 Å². The highest BCUT2D eigenvalue weighted by Gasteiger charge is 2.03. The zero-order valence-electron chi connectivity index (χ0n) is 9.83. The fourth-order valence-electron chi connectivity index (χ4n) is 1.58. The smallest absolute Gasteiger partial charge is 0.250 e. The molecular formula is C13H14N2O2S. The van der Waals surface area contributed by atoms with Crippen molar-refractivity contribution in [1.82, 2.24) is 9.88 Å². The molecule has 0 fully saturated rings. The van der Waals surface area contributed by atoms with Gasteiger partial charge in [-0.1, -0.05) is 12.1 Å². The highest BCUT2D eigenvalue weighted by molar-refractivity contribution is 7.09. The maximum absolute atomic E-state index is 11.6. The number of hydrogen-bond acceptors (Lipinski definition) is 3. The van der Waals surface area contributed by atoms with Gasteiger partial charge in [0.25, 0.3) is 5.56 Å². The number of carbonyl (C=O) groups excluding carboxylic acids is 1. The highest BCUT2D eigenvalue weighted by atomic mass is 32.1. The molecule has 1 N–H and O–H groups in total. The second-order valence-corrected chi connectivity index (χ2v) is 4.88. The molecule has 0 saturated carbocycles. The molecular weight excluding hydrogens is 248 g/mol. The predicted octanol–water partition coefficient (Wildman–Crippen LogP) is 1.27. The molecule has 0 atom stereocenters. The third-order valence-electron chi connectivity index (χ3n) is 2.49. The third-order valence-corrected chi connectivity index (χ3v) is 3.42. The predicted molar refractivity (Wildman–Crippen MR) is 71.7 cm³/mol. The van der Waals surface area contributed by atoms with Crippen molar-refractivity contribution in [3.05, 3.63) is 57.1 Å². The third kappa shape index (κ3) is 3.56. The van der Waals surface area contributed by atoms with Gasteiger partial charge in [0.15, 0.2) is 0 Å². The zero-order chi connectivity index (χ0) is 12.8. The molecule has 0 aliphatic carbocycles. The number of aromatic nitrogens is 1. The van der Waals surface area contributed by atoms with Gasteiger partial charge in [0.1, 0.15) is 6.54 Å². The highest BCUT2D eigenvalue weighted by Crippen LogP contribution is 2.07. The maximum atomic E-state index is 11.6. The van der Waals surface area contributed by atoms with Gasteiger partial charge in [-0.3, -0.25) is 9.59 Å². The van der Waals surface area contributed by atoms with Crippen LogP contribution in [0, 0.1) is 0 Å². The molecule has 0 bridgehead atoms. The van der Waals surface area contributed by atoms with Crippen molar-refractivity contribution < 1.29 is 4.79 Å². The van der Waals surface area contributed by atoms with Crippen molar-refractivity contribution in [1.29, 1.82) is 0 Å². The van der Waals surface area contributed by atoms with Crippen LogP contribution in [0.15, 0.2) is 46.7 Å². The van der Waals surface area contributed by atoms with Crippen molar-refractivity contribution in [2.75, 3.05) is 6.54 Å². The van der Waals surface area contributed by atoms with E-state index < -0.39 is 0 Å². The summed E-state index contributed by atoms with van der Waals surface area (Å²) in [6.45, 7) is 0.672. The lowest BCUT2D eigenvalue weighted by atomic mass is 10.3. The number of thiophene rings is 1. The largest absolute Gasteiger partial charge is 0.354 e. The number of amides is 1. The lowest BCUT2D eigenvalue weighted by molar-refractivity contribution is -0.121. The van der Waals surface area contributed by atoms with Gasteiger partial charge in [0.2, 0.25) is 5.91 Å². The van der Waals surface area contributed by atoms with E-state index in [9.17, 15) is 9.59 Å². The van der Waals surface area contributed by atoms with Crippen LogP contribution in [-0.2, 0) is 17.8 Å². The van der Waals surface area contributed by atoms with Crippen LogP contribution in [0.2, 0.25) is 0 Å². The fraction of sp³-hybridized carbons (Fsp3) is 0.231. The van der Waals surface area contributed by atoms with Crippen LogP contribution in [-0.4, -0.2) is 17.0 Å². The van der Waals surface area contributed by atoms with Gasteiger partial charge >= 0.3 is 0 Å². The standard InChI is InChI=1S/C13H14N2O2S/c16-12(10-15-8-2-1-5-13(15)17)14-7-6-11-4-3-9-18-11/h1-5,8-9H,6-7,10H2,(H,14,16). The second-order valence-electron chi connectivity index (χ2n) is 3.85. The molecule has 1 amide bonds. The summed E-state index contributed by atoms with van der Waals surface area (Å²) in [4.78, 5) is 24.3. The molecule has 0 spiro atoms. The number of hydrogen-bond donors (Lipinski definition) is 1. The monoisotopic (exact) mass is 262 g/mol. The van der Waals surface area contributed by atoms with Crippen LogP contribution < -0.4 is 10.9 Å². The Kier molecular flexibility index (Phi) is 4.30. The summed E-state index contributed by atoms with van der Waals surface area (Å²) >= 11 is 1.67. The maximum Gasteiger partial charge on any atom is 0.250 e. The van der Waals surface area contributed by atoms with E-state index in [1.165, 1.54) is 15.5 Å². The molecule has 94 valence electrons. The molecule has 5 heteroatoms. The molecule has 0 aromatic carbocycles. The van der Waals surface area contributed by atoms with E-state index in [1.54, 1.807) is 29.7 Å². The summed E-state index contributed by atoms with van der Waals surface area (Å²) in [5.74, 6) is -0.139. The lowest BCUT2D eigenvalue weighted by Gasteiger charge is -2.06. The molecule has 0 aliphatic rings. The average molecular weight is 262 g/mol. The molecule has 0 aliphatic heterocycles. The Morgan fingerprint density at radius 2 is 2.17 bits per heavy atom. The molecule has 4 nitrogen and oxygen atoms in total. The van der Waals surface area contributed by atoms with Crippen molar-refractivity contribution in [3.63, 3.8) is 0 Å². The quantitative estimate of drug-likeness (QED) is 0.882. The van der Waals surface area contributed by atoms with E-state index in [0.717, 1.165) is 6.42 Å². The number of rotatable bonds is 5. The Morgan fingerprint density at radius 1 is 1.28 bits per heavy atom. The van der Waals surface area contributed by atoms with Crippen molar-refractivity contribution >= 4 is 17.2 Å². The Labute approximate surface area is 109 Å². The molecule has 0 unspecified atom stereocenters. The van der Waals surface area contributed by atoms with Gasteiger partial charge in [-0.15, -0.1) is 11.3 Å². The summed E-state index contributed by atoms with van der Waals surface area (Å²) in [6, 6.07) is 8.87. The van der Waals surface area contributed by atoms with E-state index in [-0.39, 0.29) is 18.0 Å². The summed E-state index contributed by atoms with van der Waals surface area (Å²) in [6.07, 6.45) is 2.44. The normalized spacial score (nSPS) is 10.2. The van der Waals surface area contributed by atoms with Crippen LogP contribution in [0.1, 0.15) is 4.88 Å². The summed E-state index contributed by atoms with van der Waals surface area (Å²) in [5.41, 5.74) is -0.161. The first kappa shape index (κ1) is 12.6. The van der Waals surface area contributed by atoms with Crippen LogP contribution in [0.3, 0.4) is 0 Å². The Morgan fingerprint density at radius 3 is 2.89 bits per heavy atom. The number of pyridine rings is 1. The van der Waals surface area contributed by atoms with Crippen molar-refractivity contribution in [2.24, 2.45) is 0 Å². The van der Waals surface area contributed by atoms with Crippen molar-refractivity contribution in [3.8, 4) is 0 Å². The van der Waals surface area contributed by atoms with Gasteiger partial charge in [0, 0.05) is 23.7 Å². The fourth-order valence-corrected chi connectivity index (χ4v) is 2.29. The van der Waals surface area contributed by atoms with Crippen LogP contribution in [0.4, 0.5) is 0 Å². The van der Waals surface area contributed by atoms with E-state index in [4.69, 9.17) is 0 Å². The first-order valence-electron chi connectivity index (χ1n) is 5.70. The van der Waals surface area contributed by atoms with Crippen molar-refractivity contribution in [2.45, 2.75) is 13.0 Å². The summed E-state index contributed by atoms with van der Waals surface area (Å²) in [5, 5.41) is 4.82. The lowest BCUT2D eigenvalue weighted by Crippen LogP contribution is -2.32. The molecule has 18 heavy (non-hydrogen) atoms. The van der Waals surface area contributed by atoms with Gasteiger partial charge in [-0.05, 0) is 23.9 Å². The van der Waals surface area contributed by atoms with Crippen LogP contribution >= 0.6 is 11.3 Å². The molecule has 2 aromatic heterocycles. The molecule has 0 radical (unpaired) electrons. The van der Waals surface area contributed by atoms with Gasteiger partial charge < -0.3 is 9.88 Å². The van der Waals surface area contributed by atoms with E-state index in [1.807, 2.05) is 17.5 Å². The molecule has 2 aromatic rings. The summed E-state index contributed by atoms with van der Waals surface area (Å²) in [7, 11) is 0. The number of nitrogens with zero attached hydrogens (tertiary/aromatic N) is 1. The average Bonchev–Trinajstić information content (AvgIpc) is 2.85. The Bertz CT molecular complexity index is 560. The minimum atomic E-state index is -0.161. The Balaban J connectivity index is 1.79. The molecule has 2 rings (SSSR count). The topological polar surface area (TPSA) is 51.1 Å². The number of nitrogens with one attached hydrogen (secondary N) is 1. The second kappa shape index (κ2) is 6.16. The van der Waals surface area contributed by atoms with E-state index in [2.05, 4.69) is 5.32 Å². The minimum Gasteiger partial charge on any atom is -0.354 e. The SMILES string of the molecule is O=C(Cn1ccccc1=O)NCCc1cccs1. The van der Waals surface area contributed by atoms with E-state index in [0.29, 0.717) is 6.54 Å². The van der Waals surface area contributed by atoms with E-state index >= 15 is 0 Å². The first-order valence-corrected chi connectivity index (χ1v) is 6.58. The first-order chi connectivity index (χ1) is 8.75. The van der Waals surface area contributed by atoms with Crippen LogP contribution in [0.25, 0.3) is 0 Å². The molecule has 2 heterocycles. The summed E-state index contributed by atoms with van der Waals surface area (Å²) < 4.78 is 1.39.